The fourth-order valence-electron chi connectivity index (χ4n) is 1.90. The molecule has 1 heterocycles. The Kier molecular flexibility index (Phi) is 6.10. The van der Waals surface area contributed by atoms with Gasteiger partial charge in [0.15, 0.2) is 11.7 Å². The lowest BCUT2D eigenvalue weighted by Gasteiger charge is -2.23. The molecule has 0 saturated heterocycles. The molecule has 124 valence electrons. The number of hydrogen-bond donors (Lipinski definition) is 2. The van der Waals surface area contributed by atoms with Crippen LogP contribution in [0.1, 0.15) is 19.5 Å². The van der Waals surface area contributed by atoms with Gasteiger partial charge in [-0.3, -0.25) is 4.99 Å². The fraction of sp³-hybridized carbons (Fsp3) is 0.412. The Morgan fingerprint density at radius 2 is 2.00 bits per heavy atom. The van der Waals surface area contributed by atoms with Crippen molar-refractivity contribution < 1.29 is 4.52 Å². The van der Waals surface area contributed by atoms with Crippen molar-refractivity contribution in [1.82, 2.24) is 15.8 Å². The fourth-order valence-corrected chi connectivity index (χ4v) is 2.11. The summed E-state index contributed by atoms with van der Waals surface area (Å²) in [5, 5.41) is 10.7. The zero-order valence-corrected chi connectivity index (χ0v) is 14.9. The Morgan fingerprint density at radius 3 is 2.65 bits per heavy atom. The highest BCUT2D eigenvalue weighted by Crippen LogP contribution is 2.20. The first-order valence-corrected chi connectivity index (χ1v) is 8.77. The number of guanidine groups is 1. The van der Waals surface area contributed by atoms with E-state index in [1.165, 1.54) is 0 Å². The maximum atomic E-state index is 5.39. The number of aromatic nitrogens is 1. The van der Waals surface area contributed by atoms with Crippen molar-refractivity contribution in [3.05, 3.63) is 42.1 Å². The van der Waals surface area contributed by atoms with Crippen LogP contribution in [0, 0.1) is 0 Å². The minimum absolute atomic E-state index is 0.159. The molecule has 0 aliphatic rings. The Hall–Kier alpha value is -1.95. The molecule has 2 aromatic rings. The lowest BCUT2D eigenvalue weighted by Crippen LogP contribution is -2.43. The van der Waals surface area contributed by atoms with E-state index in [2.05, 4.69) is 40.9 Å². The van der Waals surface area contributed by atoms with E-state index in [9.17, 15) is 0 Å². The first-order chi connectivity index (χ1) is 11.0. The van der Waals surface area contributed by atoms with E-state index in [1.807, 2.05) is 48.2 Å². The number of benzene rings is 1. The zero-order valence-electron chi connectivity index (χ0n) is 14.1. The second-order valence-corrected chi connectivity index (χ2v) is 7.31. The Morgan fingerprint density at radius 1 is 1.26 bits per heavy atom. The van der Waals surface area contributed by atoms with E-state index >= 15 is 0 Å². The summed E-state index contributed by atoms with van der Waals surface area (Å²) in [6, 6.07) is 11.9. The molecule has 23 heavy (non-hydrogen) atoms. The number of hydrogen-bond acceptors (Lipinski definition) is 4. The van der Waals surface area contributed by atoms with Gasteiger partial charge in [-0.2, -0.15) is 11.8 Å². The summed E-state index contributed by atoms with van der Waals surface area (Å²) in [6.45, 7) is 5.79. The van der Waals surface area contributed by atoms with Crippen LogP contribution in [0.4, 0.5) is 0 Å². The second-order valence-electron chi connectivity index (χ2n) is 5.79. The topological polar surface area (TPSA) is 62.5 Å². The van der Waals surface area contributed by atoms with Gasteiger partial charge in [-0.05, 0) is 20.1 Å². The van der Waals surface area contributed by atoms with E-state index in [1.54, 1.807) is 7.05 Å². The van der Waals surface area contributed by atoms with Crippen LogP contribution in [0.2, 0.25) is 0 Å². The van der Waals surface area contributed by atoms with Crippen molar-refractivity contribution in [3.63, 3.8) is 0 Å². The molecule has 0 aliphatic heterocycles. The molecule has 0 atom stereocenters. The normalized spacial score (nSPS) is 12.3. The van der Waals surface area contributed by atoms with E-state index in [0.29, 0.717) is 6.54 Å². The quantitative estimate of drug-likeness (QED) is 0.628. The summed E-state index contributed by atoms with van der Waals surface area (Å²) < 4.78 is 5.55. The molecule has 0 bridgehead atoms. The van der Waals surface area contributed by atoms with Gasteiger partial charge in [0, 0.05) is 30.0 Å². The summed E-state index contributed by atoms with van der Waals surface area (Å²) in [5.74, 6) is 1.53. The standard InChI is InChI=1S/C17H24N4OS/c1-17(2,23-4)12-20-16(18-3)19-11-14-10-15(22-21-14)13-8-6-5-7-9-13/h5-10H,11-12H2,1-4H3,(H2,18,19,20). The van der Waals surface area contributed by atoms with Gasteiger partial charge in [-0.25, -0.2) is 0 Å². The van der Waals surface area contributed by atoms with E-state index in [-0.39, 0.29) is 4.75 Å². The maximum absolute atomic E-state index is 5.39. The van der Waals surface area contributed by atoms with Gasteiger partial charge in [-0.15, -0.1) is 0 Å². The molecular formula is C17H24N4OS. The van der Waals surface area contributed by atoms with Crippen LogP contribution < -0.4 is 10.6 Å². The van der Waals surface area contributed by atoms with Gasteiger partial charge < -0.3 is 15.2 Å². The Labute approximate surface area is 141 Å². The molecule has 0 aliphatic carbocycles. The number of nitrogens with one attached hydrogen (secondary N) is 2. The van der Waals surface area contributed by atoms with E-state index in [4.69, 9.17) is 4.52 Å². The monoisotopic (exact) mass is 332 g/mol. The van der Waals surface area contributed by atoms with Crippen molar-refractivity contribution in [1.29, 1.82) is 0 Å². The number of nitrogens with zero attached hydrogens (tertiary/aromatic N) is 2. The third-order valence-electron chi connectivity index (χ3n) is 3.51. The van der Waals surface area contributed by atoms with Crippen LogP contribution in [0.25, 0.3) is 11.3 Å². The smallest absolute Gasteiger partial charge is 0.191 e. The molecule has 0 fully saturated rings. The lowest BCUT2D eigenvalue weighted by molar-refractivity contribution is 0.422. The van der Waals surface area contributed by atoms with E-state index in [0.717, 1.165) is 29.5 Å². The van der Waals surface area contributed by atoms with Crippen LogP contribution in [-0.2, 0) is 6.54 Å². The molecule has 2 N–H and O–H groups in total. The van der Waals surface area contributed by atoms with Gasteiger partial charge in [-0.1, -0.05) is 35.5 Å². The number of aliphatic imine (C=N–C) groups is 1. The van der Waals surface area contributed by atoms with Crippen LogP contribution >= 0.6 is 11.8 Å². The van der Waals surface area contributed by atoms with Crippen LogP contribution in [0.15, 0.2) is 45.9 Å². The number of thioether (sulfide) groups is 1. The highest BCUT2D eigenvalue weighted by Gasteiger charge is 2.16. The van der Waals surface area contributed by atoms with Crippen molar-refractivity contribution in [2.75, 3.05) is 19.8 Å². The summed E-state index contributed by atoms with van der Waals surface area (Å²) in [5.41, 5.74) is 1.87. The molecule has 6 heteroatoms. The molecule has 0 radical (unpaired) electrons. The number of rotatable bonds is 6. The molecule has 1 aromatic heterocycles. The molecular weight excluding hydrogens is 308 g/mol. The van der Waals surface area contributed by atoms with Crippen LogP contribution in [-0.4, -0.2) is 35.7 Å². The van der Waals surface area contributed by atoms with Crippen molar-refractivity contribution in [2.24, 2.45) is 4.99 Å². The predicted molar refractivity (Wildman–Crippen MR) is 97.7 cm³/mol. The average Bonchev–Trinajstić information content (AvgIpc) is 3.05. The molecule has 0 amide bonds. The molecule has 0 spiro atoms. The van der Waals surface area contributed by atoms with Gasteiger partial charge in [0.2, 0.25) is 0 Å². The van der Waals surface area contributed by atoms with Gasteiger partial charge in [0.05, 0.1) is 6.54 Å². The van der Waals surface area contributed by atoms with Gasteiger partial charge in [0.1, 0.15) is 5.69 Å². The van der Waals surface area contributed by atoms with Gasteiger partial charge in [0.25, 0.3) is 0 Å². The van der Waals surface area contributed by atoms with Crippen molar-refractivity contribution >= 4 is 17.7 Å². The Bertz CT molecular complexity index is 637. The van der Waals surface area contributed by atoms with Crippen molar-refractivity contribution in [3.8, 4) is 11.3 Å². The highest BCUT2D eigenvalue weighted by atomic mass is 32.2. The minimum Gasteiger partial charge on any atom is -0.356 e. The zero-order chi connectivity index (χ0) is 16.7. The molecule has 5 nitrogen and oxygen atoms in total. The van der Waals surface area contributed by atoms with Gasteiger partial charge >= 0.3 is 0 Å². The molecule has 0 saturated carbocycles. The first kappa shape index (κ1) is 17.4. The first-order valence-electron chi connectivity index (χ1n) is 7.55. The molecule has 0 unspecified atom stereocenters. The van der Waals surface area contributed by atoms with Crippen LogP contribution in [0.3, 0.4) is 0 Å². The van der Waals surface area contributed by atoms with Crippen LogP contribution in [0.5, 0.6) is 0 Å². The molecule has 2 rings (SSSR count). The van der Waals surface area contributed by atoms with Crippen molar-refractivity contribution in [2.45, 2.75) is 25.1 Å². The summed E-state index contributed by atoms with van der Waals surface area (Å²) in [7, 11) is 1.76. The Balaban J connectivity index is 1.89. The third-order valence-corrected chi connectivity index (χ3v) is 4.76. The summed E-state index contributed by atoms with van der Waals surface area (Å²) in [6.07, 6.45) is 2.11. The molecule has 1 aromatic carbocycles. The highest BCUT2D eigenvalue weighted by molar-refractivity contribution is 7.99. The predicted octanol–water partition coefficient (Wildman–Crippen LogP) is 3.15. The largest absolute Gasteiger partial charge is 0.356 e. The second kappa shape index (κ2) is 8.06. The van der Waals surface area contributed by atoms with E-state index < -0.39 is 0 Å². The summed E-state index contributed by atoms with van der Waals surface area (Å²) in [4.78, 5) is 4.23. The average molecular weight is 332 g/mol. The third kappa shape index (κ3) is 5.32. The maximum Gasteiger partial charge on any atom is 0.191 e. The lowest BCUT2D eigenvalue weighted by atomic mass is 10.2. The minimum atomic E-state index is 0.159. The summed E-state index contributed by atoms with van der Waals surface area (Å²) >= 11 is 1.82. The SMILES string of the molecule is CN=C(NCc1cc(-c2ccccc2)on1)NCC(C)(C)SC.